The average molecular weight is 413 g/mol. The standard InChI is InChI=1S/C21H20FN3O3S/c1-15(20-4-2-3-13-23-20)24-21(26)14-16-5-9-18(10-6-16)25-29(27,28)19-11-7-17(22)8-12-19/h2-13,15,25H,14H2,1H3,(H,24,26). The smallest absolute Gasteiger partial charge is 0.261 e. The summed E-state index contributed by atoms with van der Waals surface area (Å²) in [5.41, 5.74) is 1.85. The molecule has 8 heteroatoms. The maximum Gasteiger partial charge on any atom is 0.261 e. The van der Waals surface area contributed by atoms with Crippen molar-refractivity contribution in [2.24, 2.45) is 0 Å². The van der Waals surface area contributed by atoms with Crippen LogP contribution in [0.1, 0.15) is 24.2 Å². The van der Waals surface area contributed by atoms with Crippen molar-refractivity contribution >= 4 is 21.6 Å². The summed E-state index contributed by atoms with van der Waals surface area (Å²) in [6.07, 6.45) is 1.83. The third-order valence-corrected chi connectivity index (χ3v) is 5.60. The maximum absolute atomic E-state index is 13.0. The highest BCUT2D eigenvalue weighted by atomic mass is 32.2. The van der Waals surface area contributed by atoms with Crippen LogP contribution in [0.15, 0.2) is 77.8 Å². The van der Waals surface area contributed by atoms with Crippen molar-refractivity contribution in [3.8, 4) is 0 Å². The third-order valence-electron chi connectivity index (χ3n) is 4.20. The number of nitrogens with one attached hydrogen (secondary N) is 2. The van der Waals surface area contributed by atoms with E-state index in [1.807, 2.05) is 25.1 Å². The van der Waals surface area contributed by atoms with Gasteiger partial charge in [-0.05, 0) is 61.0 Å². The van der Waals surface area contributed by atoms with Crippen LogP contribution in [0, 0.1) is 5.82 Å². The molecule has 0 spiro atoms. The Morgan fingerprint density at radius 3 is 2.34 bits per heavy atom. The molecule has 1 amide bonds. The Labute approximate surface area is 168 Å². The predicted octanol–water partition coefficient (Wildman–Crippen LogP) is 3.44. The Bertz CT molecular complexity index is 1070. The maximum atomic E-state index is 13.0. The van der Waals surface area contributed by atoms with Gasteiger partial charge in [-0.1, -0.05) is 18.2 Å². The molecule has 1 aromatic heterocycles. The number of carbonyl (C=O) groups is 1. The molecule has 2 N–H and O–H groups in total. The van der Waals surface area contributed by atoms with Gasteiger partial charge in [-0.15, -0.1) is 0 Å². The zero-order valence-corrected chi connectivity index (χ0v) is 16.5. The minimum absolute atomic E-state index is 0.0362. The molecule has 0 aliphatic heterocycles. The highest BCUT2D eigenvalue weighted by Crippen LogP contribution is 2.17. The Hall–Kier alpha value is -3.26. The van der Waals surface area contributed by atoms with Crippen LogP contribution in [0.2, 0.25) is 0 Å². The van der Waals surface area contributed by atoms with Crippen molar-refractivity contribution in [1.82, 2.24) is 10.3 Å². The van der Waals surface area contributed by atoms with Crippen molar-refractivity contribution in [1.29, 1.82) is 0 Å². The number of rotatable bonds is 7. The summed E-state index contributed by atoms with van der Waals surface area (Å²) in [7, 11) is -3.82. The number of halogens is 1. The molecule has 3 aromatic rings. The molecule has 0 aliphatic carbocycles. The van der Waals surface area contributed by atoms with E-state index in [0.29, 0.717) is 5.69 Å². The van der Waals surface area contributed by atoms with Gasteiger partial charge >= 0.3 is 0 Å². The SMILES string of the molecule is CC(NC(=O)Cc1ccc(NS(=O)(=O)c2ccc(F)cc2)cc1)c1ccccn1. The van der Waals surface area contributed by atoms with Gasteiger partial charge < -0.3 is 5.32 Å². The first-order chi connectivity index (χ1) is 13.8. The van der Waals surface area contributed by atoms with E-state index in [9.17, 15) is 17.6 Å². The molecule has 1 atom stereocenters. The minimum Gasteiger partial charge on any atom is -0.348 e. The molecule has 6 nitrogen and oxygen atoms in total. The summed E-state index contributed by atoms with van der Waals surface area (Å²) in [5, 5.41) is 2.88. The Morgan fingerprint density at radius 1 is 1.03 bits per heavy atom. The molecule has 150 valence electrons. The second-order valence-corrected chi connectivity index (χ2v) is 8.16. The number of hydrogen-bond donors (Lipinski definition) is 2. The fourth-order valence-corrected chi connectivity index (χ4v) is 3.76. The van der Waals surface area contributed by atoms with Gasteiger partial charge in [0.25, 0.3) is 10.0 Å². The van der Waals surface area contributed by atoms with E-state index in [4.69, 9.17) is 0 Å². The second kappa shape index (κ2) is 8.83. The molecule has 0 radical (unpaired) electrons. The van der Waals surface area contributed by atoms with E-state index in [0.717, 1.165) is 23.4 Å². The second-order valence-electron chi connectivity index (χ2n) is 6.48. The molecular formula is C21H20FN3O3S. The summed E-state index contributed by atoms with van der Waals surface area (Å²) in [6, 6.07) is 16.3. The lowest BCUT2D eigenvalue weighted by molar-refractivity contribution is -0.121. The van der Waals surface area contributed by atoms with Gasteiger partial charge in [0.15, 0.2) is 0 Å². The Morgan fingerprint density at radius 2 is 1.72 bits per heavy atom. The number of carbonyl (C=O) groups excluding carboxylic acids is 1. The summed E-state index contributed by atoms with van der Waals surface area (Å²) in [4.78, 5) is 16.4. The van der Waals surface area contributed by atoms with Crippen LogP contribution in [0.5, 0.6) is 0 Å². The highest BCUT2D eigenvalue weighted by molar-refractivity contribution is 7.92. The third kappa shape index (κ3) is 5.61. The lowest BCUT2D eigenvalue weighted by Gasteiger charge is -2.13. The van der Waals surface area contributed by atoms with Crippen LogP contribution in [-0.2, 0) is 21.2 Å². The molecule has 3 rings (SSSR count). The average Bonchev–Trinajstić information content (AvgIpc) is 2.70. The molecule has 29 heavy (non-hydrogen) atoms. The zero-order chi connectivity index (χ0) is 20.9. The largest absolute Gasteiger partial charge is 0.348 e. The van der Waals surface area contributed by atoms with E-state index in [1.165, 1.54) is 12.1 Å². The van der Waals surface area contributed by atoms with Crippen molar-refractivity contribution in [2.75, 3.05) is 4.72 Å². The fourth-order valence-electron chi connectivity index (χ4n) is 2.70. The molecular weight excluding hydrogens is 393 g/mol. The summed E-state index contributed by atoms with van der Waals surface area (Å²) >= 11 is 0. The lowest BCUT2D eigenvalue weighted by atomic mass is 10.1. The molecule has 1 heterocycles. The van der Waals surface area contributed by atoms with Gasteiger partial charge in [-0.25, -0.2) is 12.8 Å². The van der Waals surface area contributed by atoms with Crippen molar-refractivity contribution in [3.63, 3.8) is 0 Å². The number of hydrogen-bond acceptors (Lipinski definition) is 4. The van der Waals surface area contributed by atoms with Crippen LogP contribution in [0.4, 0.5) is 10.1 Å². The number of aromatic nitrogens is 1. The van der Waals surface area contributed by atoms with Gasteiger partial charge in [0, 0.05) is 11.9 Å². The van der Waals surface area contributed by atoms with Crippen LogP contribution in [-0.4, -0.2) is 19.3 Å². The number of pyridine rings is 1. The molecule has 0 fully saturated rings. The normalized spacial score (nSPS) is 12.2. The molecule has 1 unspecified atom stereocenters. The number of benzene rings is 2. The van der Waals surface area contributed by atoms with Crippen LogP contribution in [0.3, 0.4) is 0 Å². The number of nitrogens with zero attached hydrogens (tertiary/aromatic N) is 1. The van der Waals surface area contributed by atoms with Crippen molar-refractivity contribution < 1.29 is 17.6 Å². The first-order valence-corrected chi connectivity index (χ1v) is 10.4. The van der Waals surface area contributed by atoms with E-state index < -0.39 is 15.8 Å². The lowest BCUT2D eigenvalue weighted by Crippen LogP contribution is -2.28. The summed E-state index contributed by atoms with van der Waals surface area (Å²) in [6.45, 7) is 1.85. The fraction of sp³-hybridized carbons (Fsp3) is 0.143. The van der Waals surface area contributed by atoms with E-state index in [2.05, 4.69) is 15.0 Å². The Kier molecular flexibility index (Phi) is 6.23. The number of sulfonamides is 1. The topological polar surface area (TPSA) is 88.2 Å². The van der Waals surface area contributed by atoms with E-state index >= 15 is 0 Å². The molecule has 2 aromatic carbocycles. The molecule has 0 saturated heterocycles. The first kappa shape index (κ1) is 20.5. The zero-order valence-electron chi connectivity index (χ0n) is 15.7. The summed E-state index contributed by atoms with van der Waals surface area (Å²) in [5.74, 6) is -0.674. The predicted molar refractivity (Wildman–Crippen MR) is 108 cm³/mol. The Balaban J connectivity index is 1.60. The van der Waals surface area contributed by atoms with Crippen LogP contribution < -0.4 is 10.0 Å². The van der Waals surface area contributed by atoms with E-state index in [-0.39, 0.29) is 23.3 Å². The van der Waals surface area contributed by atoms with Crippen molar-refractivity contribution in [2.45, 2.75) is 24.3 Å². The molecule has 0 aliphatic rings. The number of amides is 1. The first-order valence-electron chi connectivity index (χ1n) is 8.91. The van der Waals surface area contributed by atoms with Gasteiger partial charge in [0.2, 0.25) is 5.91 Å². The van der Waals surface area contributed by atoms with Crippen LogP contribution >= 0.6 is 0 Å². The van der Waals surface area contributed by atoms with Crippen LogP contribution in [0.25, 0.3) is 0 Å². The monoisotopic (exact) mass is 413 g/mol. The summed E-state index contributed by atoms with van der Waals surface area (Å²) < 4.78 is 40.1. The van der Waals surface area contributed by atoms with Gasteiger partial charge in [0.05, 0.1) is 23.1 Å². The van der Waals surface area contributed by atoms with Gasteiger partial charge in [-0.3, -0.25) is 14.5 Å². The quantitative estimate of drug-likeness (QED) is 0.621. The molecule has 0 bridgehead atoms. The highest BCUT2D eigenvalue weighted by Gasteiger charge is 2.15. The van der Waals surface area contributed by atoms with Gasteiger partial charge in [0.1, 0.15) is 5.82 Å². The minimum atomic E-state index is -3.82. The molecule has 0 saturated carbocycles. The number of anilines is 1. The van der Waals surface area contributed by atoms with E-state index in [1.54, 1.807) is 30.5 Å². The van der Waals surface area contributed by atoms with Crippen molar-refractivity contribution in [3.05, 3.63) is 90.0 Å². The van der Waals surface area contributed by atoms with Gasteiger partial charge in [-0.2, -0.15) is 0 Å².